The molecule has 0 bridgehead atoms. The lowest BCUT2D eigenvalue weighted by Crippen LogP contribution is -2.25. The molecule has 0 atom stereocenters. The molecule has 2 aromatic heterocycles. The Morgan fingerprint density at radius 3 is 2.88 bits per heavy atom. The molecule has 0 fully saturated rings. The molecule has 3 aromatic rings. The number of nitrogens with zero attached hydrogens (tertiary/aromatic N) is 3. The molecule has 0 aliphatic rings. The van der Waals surface area contributed by atoms with E-state index in [4.69, 9.17) is 4.74 Å². The van der Waals surface area contributed by atoms with Gasteiger partial charge in [0.15, 0.2) is 11.5 Å². The number of hydrogen-bond acceptors (Lipinski definition) is 5. The van der Waals surface area contributed by atoms with Crippen LogP contribution in [0.1, 0.15) is 12.2 Å². The van der Waals surface area contributed by atoms with Crippen molar-refractivity contribution in [3.05, 3.63) is 54.5 Å². The molecular formula is C17H19N5O2. The summed E-state index contributed by atoms with van der Waals surface area (Å²) in [5.74, 6) is 1.41. The van der Waals surface area contributed by atoms with Crippen LogP contribution in [0.3, 0.4) is 0 Å². The first-order chi connectivity index (χ1) is 11.8. The number of fused-ring (bicyclic) bond motifs is 1. The fourth-order valence-corrected chi connectivity index (χ4v) is 2.38. The van der Waals surface area contributed by atoms with Crippen LogP contribution in [0, 0.1) is 0 Å². The van der Waals surface area contributed by atoms with E-state index in [9.17, 15) is 4.79 Å². The molecule has 0 saturated heterocycles. The molecule has 7 heteroatoms. The highest BCUT2D eigenvalue weighted by atomic mass is 16.5. The largest absolute Gasteiger partial charge is 0.495 e. The van der Waals surface area contributed by atoms with Gasteiger partial charge in [-0.25, -0.2) is 0 Å². The molecule has 0 unspecified atom stereocenters. The standard InChI is InChI=1S/C17H19N5O2/c1-24-14-7-3-2-6-13(14)18-10-9-17(23)19-12-16-21-20-15-8-4-5-11-22(15)16/h2-8,11,18H,9-10,12H2,1H3,(H,19,23). The number of hydrogen-bond donors (Lipinski definition) is 2. The Kier molecular flexibility index (Phi) is 4.90. The third-order valence-electron chi connectivity index (χ3n) is 3.60. The van der Waals surface area contributed by atoms with E-state index in [-0.39, 0.29) is 5.91 Å². The molecule has 2 heterocycles. The summed E-state index contributed by atoms with van der Waals surface area (Å²) >= 11 is 0. The van der Waals surface area contributed by atoms with E-state index in [1.54, 1.807) is 7.11 Å². The third kappa shape index (κ3) is 3.62. The van der Waals surface area contributed by atoms with Gasteiger partial charge in [-0.3, -0.25) is 9.20 Å². The van der Waals surface area contributed by atoms with Gasteiger partial charge in [0.05, 0.1) is 19.3 Å². The molecule has 2 N–H and O–H groups in total. The van der Waals surface area contributed by atoms with Crippen molar-refractivity contribution in [1.82, 2.24) is 19.9 Å². The van der Waals surface area contributed by atoms with E-state index in [2.05, 4.69) is 20.8 Å². The van der Waals surface area contributed by atoms with Gasteiger partial charge < -0.3 is 15.4 Å². The van der Waals surface area contributed by atoms with Crippen LogP contribution in [-0.4, -0.2) is 34.2 Å². The molecule has 1 amide bonds. The molecule has 0 saturated carbocycles. The molecule has 0 radical (unpaired) electrons. The summed E-state index contributed by atoms with van der Waals surface area (Å²) in [6.45, 7) is 0.867. The van der Waals surface area contributed by atoms with Crippen molar-refractivity contribution in [3.63, 3.8) is 0 Å². The maximum atomic E-state index is 12.0. The summed E-state index contributed by atoms with van der Waals surface area (Å²) in [5.41, 5.74) is 1.64. The molecule has 24 heavy (non-hydrogen) atoms. The normalized spacial score (nSPS) is 10.5. The summed E-state index contributed by atoms with van der Waals surface area (Å²) in [6.07, 6.45) is 2.23. The van der Waals surface area contributed by atoms with Crippen LogP contribution in [0.15, 0.2) is 48.7 Å². The average Bonchev–Trinajstić information content (AvgIpc) is 3.03. The van der Waals surface area contributed by atoms with Crippen LogP contribution < -0.4 is 15.4 Å². The Morgan fingerprint density at radius 2 is 2.00 bits per heavy atom. The van der Waals surface area contributed by atoms with Gasteiger partial charge >= 0.3 is 0 Å². The van der Waals surface area contributed by atoms with Crippen LogP contribution in [0.2, 0.25) is 0 Å². The topological polar surface area (TPSA) is 80.5 Å². The Balaban J connectivity index is 1.48. The van der Waals surface area contributed by atoms with Gasteiger partial charge in [-0.2, -0.15) is 0 Å². The van der Waals surface area contributed by atoms with Crippen molar-refractivity contribution in [2.24, 2.45) is 0 Å². The van der Waals surface area contributed by atoms with Gasteiger partial charge in [0.2, 0.25) is 5.91 Å². The minimum atomic E-state index is -0.0509. The second-order valence-corrected chi connectivity index (χ2v) is 5.20. The summed E-state index contributed by atoms with van der Waals surface area (Å²) in [7, 11) is 1.62. The van der Waals surface area contributed by atoms with Crippen molar-refractivity contribution in [2.75, 3.05) is 19.0 Å². The molecule has 0 spiro atoms. The number of carbonyl (C=O) groups is 1. The van der Waals surface area contributed by atoms with E-state index in [0.29, 0.717) is 25.3 Å². The SMILES string of the molecule is COc1ccccc1NCCC(=O)NCc1nnc2ccccn12. The number of methoxy groups -OCH3 is 1. The molecule has 3 rings (SSSR count). The van der Waals surface area contributed by atoms with E-state index < -0.39 is 0 Å². The molecule has 0 aliphatic carbocycles. The monoisotopic (exact) mass is 325 g/mol. The Bertz CT molecular complexity index is 830. The number of benzene rings is 1. The van der Waals surface area contributed by atoms with Crippen LogP contribution >= 0.6 is 0 Å². The van der Waals surface area contributed by atoms with Gasteiger partial charge in [-0.1, -0.05) is 18.2 Å². The maximum Gasteiger partial charge on any atom is 0.222 e. The Labute approximate surface area is 139 Å². The van der Waals surface area contributed by atoms with Crippen LogP contribution in [-0.2, 0) is 11.3 Å². The minimum Gasteiger partial charge on any atom is -0.495 e. The first kappa shape index (κ1) is 15.8. The summed E-state index contributed by atoms with van der Waals surface area (Å²) in [6, 6.07) is 13.3. The molecule has 7 nitrogen and oxygen atoms in total. The quantitative estimate of drug-likeness (QED) is 0.693. The number of carbonyl (C=O) groups excluding carboxylic acids is 1. The van der Waals surface area contributed by atoms with E-state index in [0.717, 1.165) is 17.1 Å². The number of para-hydroxylation sites is 2. The van der Waals surface area contributed by atoms with Gasteiger partial charge in [0.1, 0.15) is 5.75 Å². The minimum absolute atomic E-state index is 0.0509. The lowest BCUT2D eigenvalue weighted by atomic mass is 10.3. The number of pyridine rings is 1. The van der Waals surface area contributed by atoms with Gasteiger partial charge in [0.25, 0.3) is 0 Å². The number of nitrogens with one attached hydrogen (secondary N) is 2. The van der Waals surface area contributed by atoms with Gasteiger partial charge in [0, 0.05) is 19.2 Å². The number of amides is 1. The Morgan fingerprint density at radius 1 is 1.17 bits per heavy atom. The van der Waals surface area contributed by atoms with E-state index in [1.165, 1.54) is 0 Å². The predicted octanol–water partition coefficient (Wildman–Crippen LogP) is 1.86. The second kappa shape index (κ2) is 7.45. The van der Waals surface area contributed by atoms with Crippen LogP contribution in [0.4, 0.5) is 5.69 Å². The van der Waals surface area contributed by atoms with Crippen LogP contribution in [0.5, 0.6) is 5.75 Å². The third-order valence-corrected chi connectivity index (χ3v) is 3.60. The summed E-state index contributed by atoms with van der Waals surface area (Å²) in [5, 5.41) is 14.2. The zero-order valence-electron chi connectivity index (χ0n) is 13.4. The Hall–Kier alpha value is -3.09. The molecule has 124 valence electrons. The fourth-order valence-electron chi connectivity index (χ4n) is 2.38. The molecule has 1 aromatic carbocycles. The van der Waals surface area contributed by atoms with Crippen molar-refractivity contribution < 1.29 is 9.53 Å². The van der Waals surface area contributed by atoms with Crippen LogP contribution in [0.25, 0.3) is 5.65 Å². The predicted molar refractivity (Wildman–Crippen MR) is 90.9 cm³/mol. The maximum absolute atomic E-state index is 12.0. The summed E-state index contributed by atoms with van der Waals surface area (Å²) < 4.78 is 7.11. The second-order valence-electron chi connectivity index (χ2n) is 5.20. The number of aromatic nitrogens is 3. The lowest BCUT2D eigenvalue weighted by Gasteiger charge is -2.10. The summed E-state index contributed by atoms with van der Waals surface area (Å²) in [4.78, 5) is 12.0. The van der Waals surface area contributed by atoms with Crippen molar-refractivity contribution >= 4 is 17.2 Å². The number of ether oxygens (including phenoxy) is 1. The lowest BCUT2D eigenvalue weighted by molar-refractivity contribution is -0.121. The zero-order valence-corrected chi connectivity index (χ0v) is 13.4. The highest BCUT2D eigenvalue weighted by Crippen LogP contribution is 2.22. The first-order valence-corrected chi connectivity index (χ1v) is 7.70. The molecule has 0 aliphatic heterocycles. The number of rotatable bonds is 7. The number of anilines is 1. The van der Waals surface area contributed by atoms with Crippen molar-refractivity contribution in [1.29, 1.82) is 0 Å². The van der Waals surface area contributed by atoms with Gasteiger partial charge in [-0.05, 0) is 24.3 Å². The molecular weight excluding hydrogens is 306 g/mol. The fraction of sp³-hybridized carbons (Fsp3) is 0.235. The van der Waals surface area contributed by atoms with E-state index >= 15 is 0 Å². The van der Waals surface area contributed by atoms with Gasteiger partial charge in [-0.15, -0.1) is 10.2 Å². The van der Waals surface area contributed by atoms with E-state index in [1.807, 2.05) is 53.1 Å². The zero-order chi connectivity index (χ0) is 16.8. The highest BCUT2D eigenvalue weighted by molar-refractivity contribution is 5.76. The van der Waals surface area contributed by atoms with Crippen molar-refractivity contribution in [3.8, 4) is 5.75 Å². The first-order valence-electron chi connectivity index (χ1n) is 7.70. The average molecular weight is 325 g/mol. The van der Waals surface area contributed by atoms with Crippen molar-refractivity contribution in [2.45, 2.75) is 13.0 Å². The highest BCUT2D eigenvalue weighted by Gasteiger charge is 2.07. The smallest absolute Gasteiger partial charge is 0.222 e.